The molecule has 352 valence electrons. The summed E-state index contributed by atoms with van der Waals surface area (Å²) in [6.07, 6.45) is 4.86. The van der Waals surface area contributed by atoms with Crippen LogP contribution in [0.25, 0.3) is 18.2 Å². The van der Waals surface area contributed by atoms with Crippen LogP contribution < -0.4 is 0 Å². The van der Waals surface area contributed by atoms with Crippen molar-refractivity contribution in [2.24, 2.45) is 10.8 Å². The molecule has 63 heavy (non-hydrogen) atoms. The van der Waals surface area contributed by atoms with Crippen molar-refractivity contribution in [2.75, 3.05) is 52.9 Å². The third-order valence-electron chi connectivity index (χ3n) is 7.25. The van der Waals surface area contributed by atoms with Crippen molar-refractivity contribution in [2.45, 2.75) is 20.8 Å². The van der Waals surface area contributed by atoms with Crippen LogP contribution in [0.4, 0.5) is 0 Å². The number of phenolic OH excluding ortho intramolecular Hbond substituents is 3. The second kappa shape index (κ2) is 39.7. The molecule has 14 N–H and O–H groups in total. The summed E-state index contributed by atoms with van der Waals surface area (Å²) in [6.45, 7) is 21.2. The fourth-order valence-corrected chi connectivity index (χ4v) is 2.58. The minimum absolute atomic E-state index is 0.176. The van der Waals surface area contributed by atoms with Crippen molar-refractivity contribution in [3.05, 3.63) is 146 Å². The van der Waals surface area contributed by atoms with Gasteiger partial charge < -0.3 is 71.5 Å². The van der Waals surface area contributed by atoms with Crippen LogP contribution in [0.1, 0.15) is 37.5 Å². The maximum absolute atomic E-state index is 9.60. The number of aliphatic hydroxyl groups excluding tert-OH is 8. The quantitative estimate of drug-likeness (QED) is 0.102. The van der Waals surface area contributed by atoms with Crippen LogP contribution in [0.3, 0.4) is 0 Å². The molecule has 3 aromatic rings. The van der Waals surface area contributed by atoms with Gasteiger partial charge in [0, 0.05) is 33.4 Å². The van der Waals surface area contributed by atoms with Crippen molar-refractivity contribution in [1.29, 1.82) is 0 Å². The first-order valence-corrected chi connectivity index (χ1v) is 18.2. The topological polar surface area (TPSA) is 334 Å². The minimum atomic E-state index is -1.11. The predicted octanol–water partition coefficient (Wildman–Crippen LogP) is 3.93. The standard InChI is InChI=1S/3C8H8O.2C5H12O4.3C4H6O2/c3*1-2-7-5-3-4-6-8(7)9;2*6-1-5(2-7,3-8)4-9;3*1-3(2)4(5)6/h3*2-6,9H,1H2;2*6-9H,1-4H2;3*1H2,2H3,(H,5,6). The van der Waals surface area contributed by atoms with Gasteiger partial charge >= 0.3 is 17.9 Å². The van der Waals surface area contributed by atoms with Gasteiger partial charge in [-0.1, -0.05) is 112 Å². The number of carboxylic acid groups (broad SMARTS) is 3. The van der Waals surface area contributed by atoms with E-state index in [2.05, 4.69) is 39.5 Å². The molecule has 0 fully saturated rings. The van der Waals surface area contributed by atoms with E-state index in [4.69, 9.17) is 71.5 Å². The van der Waals surface area contributed by atoms with Crippen molar-refractivity contribution in [3.63, 3.8) is 0 Å². The molecule has 0 spiro atoms. The van der Waals surface area contributed by atoms with E-state index in [0.29, 0.717) is 0 Å². The first-order chi connectivity index (χ1) is 29.4. The van der Waals surface area contributed by atoms with Crippen LogP contribution in [-0.4, -0.2) is 142 Å². The molecule has 0 atom stereocenters. The summed E-state index contributed by atoms with van der Waals surface area (Å²) >= 11 is 0. The summed E-state index contributed by atoms with van der Waals surface area (Å²) < 4.78 is 0. The van der Waals surface area contributed by atoms with Crippen LogP contribution in [0.15, 0.2) is 129 Å². The molecule has 0 aromatic heterocycles. The first kappa shape index (κ1) is 65.7. The van der Waals surface area contributed by atoms with Gasteiger partial charge in [0.2, 0.25) is 0 Å². The van der Waals surface area contributed by atoms with Crippen LogP contribution >= 0.6 is 0 Å². The maximum atomic E-state index is 9.60. The highest BCUT2D eigenvalue weighted by Gasteiger charge is 2.27. The van der Waals surface area contributed by atoms with E-state index >= 15 is 0 Å². The summed E-state index contributed by atoms with van der Waals surface area (Å²) in [6, 6.07) is 21.2. The van der Waals surface area contributed by atoms with Crippen molar-refractivity contribution >= 4 is 36.1 Å². The van der Waals surface area contributed by atoms with Crippen molar-refractivity contribution in [1.82, 2.24) is 0 Å². The van der Waals surface area contributed by atoms with Gasteiger partial charge in [0.25, 0.3) is 0 Å². The van der Waals surface area contributed by atoms with Crippen molar-refractivity contribution in [3.8, 4) is 17.2 Å². The number of carbonyl (C=O) groups is 3. The zero-order valence-corrected chi connectivity index (χ0v) is 36.0. The number of phenols is 3. The SMILES string of the molecule is C=C(C)C(=O)O.C=C(C)C(=O)O.C=C(C)C(=O)O.C=Cc1ccccc1O.C=Cc1ccccc1O.C=Cc1ccccc1O.OCC(CO)(CO)CO.OCC(CO)(CO)CO. The van der Waals surface area contributed by atoms with Crippen LogP contribution in [-0.2, 0) is 14.4 Å². The van der Waals surface area contributed by atoms with Gasteiger partial charge in [-0.15, -0.1) is 0 Å². The molecular formula is C46H66O17. The Morgan fingerprint density at radius 3 is 0.619 bits per heavy atom. The third kappa shape index (κ3) is 33.9. The fraction of sp³-hybridized carbons (Fsp3) is 0.283. The Morgan fingerprint density at radius 1 is 0.413 bits per heavy atom. The molecule has 0 aliphatic rings. The number of aliphatic carboxylic acids is 3. The molecule has 0 aliphatic carbocycles. The second-order valence-corrected chi connectivity index (χ2v) is 12.8. The Morgan fingerprint density at radius 2 is 0.556 bits per heavy atom. The maximum Gasteiger partial charge on any atom is 0.330 e. The monoisotopic (exact) mass is 890 g/mol. The summed E-state index contributed by atoms with van der Waals surface area (Å²) in [5.74, 6) is -1.95. The smallest absolute Gasteiger partial charge is 0.330 e. The second-order valence-electron chi connectivity index (χ2n) is 12.8. The largest absolute Gasteiger partial charge is 0.507 e. The highest BCUT2D eigenvalue weighted by molar-refractivity contribution is 5.85. The lowest BCUT2D eigenvalue weighted by molar-refractivity contribution is -0.133. The van der Waals surface area contributed by atoms with Gasteiger partial charge in [-0.25, -0.2) is 14.4 Å². The molecule has 17 heteroatoms. The number of hydrogen-bond acceptors (Lipinski definition) is 14. The Labute approximate surface area is 368 Å². The Balaban J connectivity index is -0.000000205. The number of hydrogen-bond donors (Lipinski definition) is 14. The number of aliphatic hydroxyl groups is 8. The Hall–Kier alpha value is -6.41. The molecule has 3 rings (SSSR count). The molecule has 0 heterocycles. The normalized spacial score (nSPS) is 9.38. The molecule has 0 amide bonds. The van der Waals surface area contributed by atoms with E-state index < -0.39 is 81.6 Å². The van der Waals surface area contributed by atoms with E-state index in [9.17, 15) is 14.4 Å². The molecule has 0 bridgehead atoms. The zero-order chi connectivity index (χ0) is 50.2. The van der Waals surface area contributed by atoms with E-state index in [-0.39, 0.29) is 34.0 Å². The predicted molar refractivity (Wildman–Crippen MR) is 243 cm³/mol. The first-order valence-electron chi connectivity index (χ1n) is 18.2. The lowest BCUT2D eigenvalue weighted by Gasteiger charge is -2.23. The van der Waals surface area contributed by atoms with Crippen molar-refractivity contribution < 1.29 is 85.9 Å². The van der Waals surface area contributed by atoms with Gasteiger partial charge in [0.15, 0.2) is 0 Å². The van der Waals surface area contributed by atoms with Gasteiger partial charge in [0.1, 0.15) is 17.2 Å². The van der Waals surface area contributed by atoms with E-state index in [1.165, 1.54) is 20.8 Å². The molecule has 17 nitrogen and oxygen atoms in total. The fourth-order valence-electron chi connectivity index (χ4n) is 2.58. The molecule has 0 aliphatic heterocycles. The van der Waals surface area contributed by atoms with Gasteiger partial charge in [0.05, 0.1) is 63.7 Å². The molecule has 3 aromatic carbocycles. The molecule has 0 saturated carbocycles. The number of benzene rings is 3. The molecule has 0 radical (unpaired) electrons. The average molecular weight is 891 g/mol. The van der Waals surface area contributed by atoms with Gasteiger partial charge in [-0.2, -0.15) is 0 Å². The summed E-state index contributed by atoms with van der Waals surface area (Å²) in [7, 11) is 0. The van der Waals surface area contributed by atoms with E-state index in [0.717, 1.165) is 16.7 Å². The zero-order valence-electron chi connectivity index (χ0n) is 36.0. The van der Waals surface area contributed by atoms with Crippen LogP contribution in [0.2, 0.25) is 0 Å². The molecule has 0 saturated heterocycles. The number of aromatic hydroxyl groups is 3. The summed E-state index contributed by atoms with van der Waals surface area (Å²) in [4.78, 5) is 28.8. The van der Waals surface area contributed by atoms with E-state index in [1.807, 2.05) is 36.4 Å². The van der Waals surface area contributed by atoms with E-state index in [1.54, 1.807) is 54.6 Å². The number of carboxylic acids is 3. The average Bonchev–Trinajstić information content (AvgIpc) is 3.27. The molecule has 0 unspecified atom stereocenters. The Kier molecular flexibility index (Phi) is 41.4. The third-order valence-corrected chi connectivity index (χ3v) is 7.25. The highest BCUT2D eigenvalue weighted by atomic mass is 16.4. The summed E-state index contributed by atoms with van der Waals surface area (Å²) in [5.41, 5.74) is 0.632. The van der Waals surface area contributed by atoms with Gasteiger partial charge in [-0.3, -0.25) is 0 Å². The number of para-hydroxylation sites is 3. The lowest BCUT2D eigenvalue weighted by atomic mass is 9.93. The van der Waals surface area contributed by atoms with Crippen LogP contribution in [0, 0.1) is 10.8 Å². The van der Waals surface area contributed by atoms with Crippen LogP contribution in [0.5, 0.6) is 17.2 Å². The molecular weight excluding hydrogens is 824 g/mol. The summed E-state index contributed by atoms with van der Waals surface area (Å²) in [5, 5.41) is 119. The highest BCUT2D eigenvalue weighted by Crippen LogP contribution is 2.17. The van der Waals surface area contributed by atoms with Gasteiger partial charge in [-0.05, 0) is 39.0 Å². The Bertz CT molecular complexity index is 1530. The minimum Gasteiger partial charge on any atom is -0.507 e. The lowest BCUT2D eigenvalue weighted by Crippen LogP contribution is -2.37. The number of rotatable bonds is 14.